The Bertz CT molecular complexity index is 4230. The Kier molecular flexibility index (Phi) is 46.9. The SMILES string of the molecule is CC1C[C@H](C)CC([C@H](O)CC2CC(=O)N(CC(N)=O)C(=O)C2)C1=O.CCOC(=O)C(C)N1C(=O)CC(C[C@@H](O)C2C[C@@H](C)CC(C)C2=O)CC1=O.CCOC(=O)C(C)O[C@H](CC1CC(=O)N(C(C)C(=O)OCC)C(=O)C1)C1C[C@@H](C)CC(C)C1=O.CCOC(=O)CCN1C(=O)CC(C[C@@H](O)C2C[C@@H](C)CC(C)C2=O)CC1=O.COC(=O)CCN1C(=O)CC(C[C@@H](O)C2C[C@@H](C)CC(C)C2=O)CC1=O. The van der Waals surface area contributed by atoms with E-state index in [9.17, 15) is 121 Å². The first kappa shape index (κ1) is 117. The standard InChI is InChI=1S/C25H39NO8.2C20H31NO6.C19H29NO6.C17H26N2O5/c1-7-32-24(30)16(5)26-21(27)12-18(13-22(26)28)11-20(34-17(6)25(31)33-8-2)19-10-14(3)9-15(4)23(19)29;1-5-27-20(26)13(4)21-17(23)9-14(10-18(21)24)8-16(22)15-7-11(2)6-12(3)19(15)25;1-4-27-19(25)5-6-21-17(23)10-14(11-18(21)24)9-16(22)15-8-12(2)7-13(3)20(15)26;1-11-6-12(2)19(25)14(7-11)15(21)8-13-9-16(22)20(17(23)10-13)5-4-18(24)26-3;1-9-3-10(2)17(24)12(4-9)13(20)5-11-6-15(22)19(8-14(18)21)16(23)7-11/h14-20H,7-13H2,1-6H3;11-16,22H,5-10H2,1-4H3;12-16,22H,4-11H2,1-3H3;11-15,21H,4-10H2,1-3H3;9-13,20H,3-8H2,1-2H3,(H2,18,21)/t14-,15?,16?,17?,19?,20+;11-,12?,13?,15?,16+;12-,13?,15?,16+;11-,12?,14?,15+;9-,10?,12?,13+/m00000/s1. The third-order valence-electron chi connectivity index (χ3n) is 29.0. The zero-order valence-corrected chi connectivity index (χ0v) is 84.3. The Morgan fingerprint density at radius 2 is 0.565 bits per heavy atom. The van der Waals surface area contributed by atoms with Crippen LogP contribution >= 0.6 is 0 Å². The van der Waals surface area contributed by atoms with Crippen LogP contribution in [0.25, 0.3) is 0 Å². The van der Waals surface area contributed by atoms with Crippen LogP contribution in [0.3, 0.4) is 0 Å². The molecule has 5 aliphatic carbocycles. The third-order valence-corrected chi connectivity index (χ3v) is 29.0. The summed E-state index contributed by atoms with van der Waals surface area (Å²) in [5.74, 6) is -9.05. The summed E-state index contributed by atoms with van der Waals surface area (Å²) in [4.78, 5) is 261. The molecule has 138 heavy (non-hydrogen) atoms. The highest BCUT2D eigenvalue weighted by atomic mass is 16.6. The van der Waals surface area contributed by atoms with Crippen LogP contribution in [0.15, 0.2) is 0 Å². The van der Waals surface area contributed by atoms with Crippen molar-refractivity contribution in [3.05, 3.63) is 0 Å². The minimum atomic E-state index is -0.988. The number of hydrogen-bond donors (Lipinski definition) is 5. The van der Waals surface area contributed by atoms with Crippen LogP contribution in [0.2, 0.25) is 0 Å². The highest BCUT2D eigenvalue weighted by molar-refractivity contribution is 6.04. The van der Waals surface area contributed by atoms with Crippen molar-refractivity contribution in [2.75, 3.05) is 53.2 Å². The van der Waals surface area contributed by atoms with Crippen molar-refractivity contribution in [3.8, 4) is 0 Å². The van der Waals surface area contributed by atoms with Gasteiger partial charge in [0, 0.05) is 136 Å². The molecule has 10 aliphatic rings. The number of methoxy groups -OCH3 is 1. The van der Waals surface area contributed by atoms with E-state index in [1.54, 1.807) is 34.6 Å². The van der Waals surface area contributed by atoms with Gasteiger partial charge in [0.05, 0.1) is 76.9 Å². The number of ether oxygens (including phenoxy) is 6. The minimum absolute atomic E-state index is 0.00896. The van der Waals surface area contributed by atoms with E-state index >= 15 is 0 Å². The lowest BCUT2D eigenvalue weighted by atomic mass is 9.71. The number of rotatable bonds is 34. The van der Waals surface area contributed by atoms with Crippen LogP contribution < -0.4 is 5.73 Å². The van der Waals surface area contributed by atoms with Gasteiger partial charge in [0.15, 0.2) is 6.10 Å². The van der Waals surface area contributed by atoms with E-state index < -0.39 is 156 Å². The molecule has 0 radical (unpaired) electrons. The summed E-state index contributed by atoms with van der Waals surface area (Å²) in [6, 6.07) is -1.93. The van der Waals surface area contributed by atoms with Crippen LogP contribution in [0.4, 0.5) is 0 Å². The van der Waals surface area contributed by atoms with Gasteiger partial charge in [-0.3, -0.25) is 111 Å². The van der Waals surface area contributed by atoms with Crippen molar-refractivity contribution in [3.63, 3.8) is 0 Å². The van der Waals surface area contributed by atoms with Crippen LogP contribution in [-0.4, -0.2) is 271 Å². The molecule has 5 aliphatic heterocycles. The number of aliphatic hydroxyl groups is 4. The maximum atomic E-state index is 13.0. The summed E-state index contributed by atoms with van der Waals surface area (Å²) >= 11 is 0. The van der Waals surface area contributed by atoms with Crippen molar-refractivity contribution < 1.29 is 150 Å². The van der Waals surface area contributed by atoms with Gasteiger partial charge in [-0.25, -0.2) is 14.4 Å². The Hall–Kier alpha value is -9.33. The van der Waals surface area contributed by atoms with Gasteiger partial charge in [0.25, 0.3) is 0 Å². The number of nitrogens with zero attached hydrogens (tertiary/aromatic N) is 5. The minimum Gasteiger partial charge on any atom is -0.469 e. The van der Waals surface area contributed by atoms with Gasteiger partial charge in [-0.15, -0.1) is 0 Å². The van der Waals surface area contributed by atoms with Gasteiger partial charge in [0.2, 0.25) is 65.0 Å². The number of carbonyl (C=O) groups excluding carboxylic acids is 21. The van der Waals surface area contributed by atoms with Crippen LogP contribution in [0.1, 0.15) is 291 Å². The molecule has 0 spiro atoms. The average molecular weight is 1950 g/mol. The zero-order chi connectivity index (χ0) is 103. The fourth-order valence-corrected chi connectivity index (χ4v) is 22.2. The van der Waals surface area contributed by atoms with Crippen LogP contribution in [-0.2, 0) is 129 Å². The van der Waals surface area contributed by atoms with Crippen molar-refractivity contribution in [2.45, 2.75) is 340 Å². The van der Waals surface area contributed by atoms with Crippen molar-refractivity contribution in [1.29, 1.82) is 0 Å². The lowest BCUT2D eigenvalue weighted by Crippen LogP contribution is -2.52. The fraction of sp³-hybridized carbons (Fsp3) is 0.792. The highest BCUT2D eigenvalue weighted by Gasteiger charge is 2.49. The summed E-state index contributed by atoms with van der Waals surface area (Å²) in [6.07, 6.45) is 4.93. The smallest absolute Gasteiger partial charge is 0.334 e. The van der Waals surface area contributed by atoms with E-state index in [0.29, 0.717) is 68.1 Å². The second-order valence-corrected chi connectivity index (χ2v) is 41.1. The van der Waals surface area contributed by atoms with Gasteiger partial charge >= 0.3 is 29.8 Å². The van der Waals surface area contributed by atoms with Gasteiger partial charge < -0.3 is 54.6 Å². The fourth-order valence-electron chi connectivity index (χ4n) is 22.2. The van der Waals surface area contributed by atoms with Gasteiger partial charge in [-0.05, 0) is 204 Å². The topological polar surface area (TPSA) is 537 Å². The Morgan fingerprint density at radius 3 is 0.833 bits per heavy atom. The number of ketones is 5. The number of Topliss-reactive ketones (excluding diaryl/α,β-unsaturated/α-hetero) is 5. The first-order valence-corrected chi connectivity index (χ1v) is 50.0. The van der Waals surface area contributed by atoms with E-state index in [2.05, 4.69) is 39.4 Å². The molecule has 5 saturated carbocycles. The molecular formula is C101H156N6O31. The molecule has 37 heteroatoms. The van der Waals surface area contributed by atoms with Crippen LogP contribution in [0, 0.1) is 118 Å². The lowest BCUT2D eigenvalue weighted by molar-refractivity contribution is -0.168. The van der Waals surface area contributed by atoms with E-state index in [1.807, 2.05) is 34.6 Å². The summed E-state index contributed by atoms with van der Waals surface area (Å²) in [5, 5.41) is 42.2. The van der Waals surface area contributed by atoms with Gasteiger partial charge in [0.1, 0.15) is 47.5 Å². The number of likely N-dealkylation sites (tertiary alicyclic amines) is 5. The normalized spacial score (nSPS) is 28.7. The summed E-state index contributed by atoms with van der Waals surface area (Å²) in [5.41, 5.74) is 5.04. The number of carbonyl (C=O) groups is 21. The Labute approximate surface area is 811 Å². The zero-order valence-electron chi connectivity index (χ0n) is 84.3. The highest BCUT2D eigenvalue weighted by Crippen LogP contribution is 2.43. The monoisotopic (exact) mass is 1950 g/mol. The summed E-state index contributed by atoms with van der Waals surface area (Å²) in [6.45, 7) is 31.6. The number of piperidine rings is 5. The Morgan fingerprint density at radius 1 is 0.326 bits per heavy atom. The first-order chi connectivity index (χ1) is 64.8. The quantitative estimate of drug-likeness (QED) is 0.0234. The molecule has 5 saturated heterocycles. The van der Waals surface area contributed by atoms with E-state index in [0.717, 1.165) is 56.6 Å². The van der Waals surface area contributed by atoms with Crippen molar-refractivity contribution in [1.82, 2.24) is 24.5 Å². The molecular weight excluding hydrogens is 1790 g/mol. The molecule has 776 valence electrons. The molecule has 37 nitrogen and oxygen atoms in total. The molecule has 5 heterocycles. The van der Waals surface area contributed by atoms with E-state index in [-0.39, 0.29) is 254 Å². The number of imide groups is 5. The molecule has 11 amide bonds. The first-order valence-electron chi connectivity index (χ1n) is 50.0. The molecule has 13 unspecified atom stereocenters. The molecule has 10 fully saturated rings. The third kappa shape index (κ3) is 34.0. The van der Waals surface area contributed by atoms with Crippen LogP contribution in [0.5, 0.6) is 0 Å². The summed E-state index contributed by atoms with van der Waals surface area (Å²) in [7, 11) is 1.26. The molecule has 10 rings (SSSR count). The molecule has 0 aromatic rings. The van der Waals surface area contributed by atoms with E-state index in [4.69, 9.17) is 29.4 Å². The van der Waals surface area contributed by atoms with Crippen molar-refractivity contribution >= 4 is 124 Å². The van der Waals surface area contributed by atoms with Crippen molar-refractivity contribution in [2.24, 2.45) is 124 Å². The number of aliphatic hydroxyl groups excluding tert-OH is 4. The average Bonchev–Trinajstić information content (AvgIpc) is 0.804. The number of amides is 11. The number of hydrogen-bond acceptors (Lipinski definition) is 31. The molecule has 0 bridgehead atoms. The van der Waals surface area contributed by atoms with Gasteiger partial charge in [-0.1, -0.05) is 69.2 Å². The maximum Gasteiger partial charge on any atom is 0.334 e. The predicted molar refractivity (Wildman–Crippen MR) is 495 cm³/mol. The Balaban J connectivity index is 0.000000266. The number of nitrogens with two attached hydrogens (primary N) is 1. The molecule has 0 aromatic carbocycles. The summed E-state index contributed by atoms with van der Waals surface area (Å²) < 4.78 is 30.3. The largest absolute Gasteiger partial charge is 0.469 e. The maximum absolute atomic E-state index is 13.0. The van der Waals surface area contributed by atoms with E-state index in [1.165, 1.54) is 21.0 Å². The second-order valence-electron chi connectivity index (χ2n) is 41.1. The molecule has 6 N–H and O–H groups in total. The number of esters is 5. The number of primary amides is 1. The lowest BCUT2D eigenvalue weighted by Gasteiger charge is -2.39. The second kappa shape index (κ2) is 55.2. The van der Waals surface area contributed by atoms with Gasteiger partial charge in [-0.2, -0.15) is 0 Å². The predicted octanol–water partition coefficient (Wildman–Crippen LogP) is 7.65. The molecule has 0 aromatic heterocycles. The molecule has 23 atom stereocenters.